The Morgan fingerprint density at radius 1 is 1.41 bits per heavy atom. The van der Waals surface area contributed by atoms with Gasteiger partial charge in [0.15, 0.2) is 5.82 Å². The lowest BCUT2D eigenvalue weighted by Gasteiger charge is -2.30. The molecule has 0 aromatic carbocycles. The first-order valence-electron chi connectivity index (χ1n) is 8.07. The van der Waals surface area contributed by atoms with Gasteiger partial charge in [-0.05, 0) is 45.6 Å². The normalized spacial score (nSPS) is 24.6. The SMILES string of the molecule is CC1NCCCC1NC(=O)CCCc1nc(C2CC2)no1.Cl. The zero-order valence-electron chi connectivity index (χ0n) is 13.0. The van der Waals surface area contributed by atoms with Crippen LogP contribution in [0, 0.1) is 0 Å². The molecule has 1 saturated heterocycles. The second-order valence-electron chi connectivity index (χ2n) is 6.23. The largest absolute Gasteiger partial charge is 0.352 e. The Balaban J connectivity index is 0.00000176. The number of carbonyl (C=O) groups is 1. The zero-order chi connectivity index (χ0) is 14.7. The van der Waals surface area contributed by atoms with Crippen LogP contribution in [0.15, 0.2) is 4.52 Å². The minimum Gasteiger partial charge on any atom is -0.352 e. The van der Waals surface area contributed by atoms with Crippen LogP contribution in [0.4, 0.5) is 0 Å². The molecule has 1 aliphatic carbocycles. The summed E-state index contributed by atoms with van der Waals surface area (Å²) in [5.41, 5.74) is 0. The number of aryl methyl sites for hydroxylation is 1. The molecule has 1 amide bonds. The Labute approximate surface area is 137 Å². The van der Waals surface area contributed by atoms with Gasteiger partial charge < -0.3 is 15.2 Å². The van der Waals surface area contributed by atoms with Crippen molar-refractivity contribution in [3.8, 4) is 0 Å². The van der Waals surface area contributed by atoms with E-state index in [1.54, 1.807) is 0 Å². The summed E-state index contributed by atoms with van der Waals surface area (Å²) in [5, 5.41) is 10.5. The van der Waals surface area contributed by atoms with Crippen molar-refractivity contribution in [1.82, 2.24) is 20.8 Å². The molecule has 1 saturated carbocycles. The number of halogens is 1. The van der Waals surface area contributed by atoms with Crippen molar-refractivity contribution in [3.63, 3.8) is 0 Å². The Kier molecular flexibility index (Phi) is 6.20. The summed E-state index contributed by atoms with van der Waals surface area (Å²) in [4.78, 5) is 16.3. The number of amides is 1. The van der Waals surface area contributed by atoms with Crippen molar-refractivity contribution >= 4 is 18.3 Å². The van der Waals surface area contributed by atoms with Crippen LogP contribution in [0.2, 0.25) is 0 Å². The van der Waals surface area contributed by atoms with Gasteiger partial charge in [-0.3, -0.25) is 4.79 Å². The van der Waals surface area contributed by atoms with Gasteiger partial charge in [0.25, 0.3) is 0 Å². The van der Waals surface area contributed by atoms with E-state index < -0.39 is 0 Å². The molecular weight excluding hydrogens is 304 g/mol. The predicted octanol–water partition coefficient (Wildman–Crippen LogP) is 1.95. The highest BCUT2D eigenvalue weighted by molar-refractivity contribution is 5.85. The van der Waals surface area contributed by atoms with E-state index in [0.717, 1.165) is 31.6 Å². The highest BCUT2D eigenvalue weighted by Gasteiger charge is 2.28. The molecule has 2 N–H and O–H groups in total. The van der Waals surface area contributed by atoms with Crippen LogP contribution < -0.4 is 10.6 Å². The van der Waals surface area contributed by atoms with Crippen LogP contribution in [0.25, 0.3) is 0 Å². The van der Waals surface area contributed by atoms with E-state index in [1.807, 2.05) is 0 Å². The number of nitrogens with one attached hydrogen (secondary N) is 2. The zero-order valence-corrected chi connectivity index (χ0v) is 13.8. The Hall–Kier alpha value is -1.14. The lowest BCUT2D eigenvalue weighted by Crippen LogP contribution is -2.51. The van der Waals surface area contributed by atoms with Crippen LogP contribution in [-0.2, 0) is 11.2 Å². The van der Waals surface area contributed by atoms with E-state index in [0.29, 0.717) is 30.7 Å². The molecule has 22 heavy (non-hydrogen) atoms. The first-order chi connectivity index (χ1) is 10.2. The van der Waals surface area contributed by atoms with E-state index in [2.05, 4.69) is 27.7 Å². The summed E-state index contributed by atoms with van der Waals surface area (Å²) in [6.45, 7) is 3.18. The molecule has 2 heterocycles. The highest BCUT2D eigenvalue weighted by atomic mass is 35.5. The molecule has 2 atom stereocenters. The third-order valence-corrected chi connectivity index (χ3v) is 4.33. The number of hydrogen-bond donors (Lipinski definition) is 2. The van der Waals surface area contributed by atoms with E-state index in [4.69, 9.17) is 4.52 Å². The lowest BCUT2D eigenvalue weighted by atomic mass is 9.99. The second kappa shape index (κ2) is 7.92. The van der Waals surface area contributed by atoms with Gasteiger partial charge in [-0.25, -0.2) is 0 Å². The standard InChI is InChI=1S/C15H24N4O2.ClH/c1-10-12(4-3-9-16-10)17-13(20)5-2-6-14-18-15(19-21-14)11-7-8-11;/h10-12,16H,2-9H2,1H3,(H,17,20);1H. The smallest absolute Gasteiger partial charge is 0.226 e. The van der Waals surface area contributed by atoms with Gasteiger partial charge in [0.1, 0.15) is 0 Å². The average Bonchev–Trinajstić information content (AvgIpc) is 3.22. The second-order valence-corrected chi connectivity index (χ2v) is 6.23. The van der Waals surface area contributed by atoms with Crippen LogP contribution in [-0.4, -0.2) is 34.7 Å². The fourth-order valence-electron chi connectivity index (χ4n) is 2.80. The van der Waals surface area contributed by atoms with Gasteiger partial charge in [-0.2, -0.15) is 4.98 Å². The van der Waals surface area contributed by atoms with Gasteiger partial charge in [0.05, 0.1) is 0 Å². The first kappa shape index (κ1) is 17.2. The molecule has 0 spiro atoms. The van der Waals surface area contributed by atoms with E-state index >= 15 is 0 Å². The van der Waals surface area contributed by atoms with Crippen LogP contribution in [0.1, 0.15) is 63.1 Å². The quantitative estimate of drug-likeness (QED) is 0.834. The monoisotopic (exact) mass is 328 g/mol. The van der Waals surface area contributed by atoms with E-state index in [9.17, 15) is 4.79 Å². The van der Waals surface area contributed by atoms with E-state index in [-0.39, 0.29) is 24.4 Å². The third-order valence-electron chi connectivity index (χ3n) is 4.33. The summed E-state index contributed by atoms with van der Waals surface area (Å²) in [6, 6.07) is 0.621. The summed E-state index contributed by atoms with van der Waals surface area (Å²) >= 11 is 0. The summed E-state index contributed by atoms with van der Waals surface area (Å²) in [7, 11) is 0. The molecule has 0 bridgehead atoms. The predicted molar refractivity (Wildman–Crippen MR) is 85.1 cm³/mol. The van der Waals surface area contributed by atoms with Crippen LogP contribution in [0.3, 0.4) is 0 Å². The number of hydrogen-bond acceptors (Lipinski definition) is 5. The molecule has 1 aromatic heterocycles. The molecule has 7 heteroatoms. The minimum atomic E-state index is 0. The Morgan fingerprint density at radius 2 is 2.23 bits per heavy atom. The van der Waals surface area contributed by atoms with Crippen molar-refractivity contribution in [3.05, 3.63) is 11.7 Å². The molecule has 6 nitrogen and oxygen atoms in total. The van der Waals surface area contributed by atoms with E-state index in [1.165, 1.54) is 12.8 Å². The molecule has 1 aliphatic heterocycles. The molecule has 124 valence electrons. The maximum atomic E-state index is 12.0. The molecule has 1 aromatic rings. The molecule has 2 fully saturated rings. The number of rotatable bonds is 6. The maximum absolute atomic E-state index is 12.0. The molecular formula is C15H25ClN4O2. The highest BCUT2D eigenvalue weighted by Crippen LogP contribution is 2.38. The lowest BCUT2D eigenvalue weighted by molar-refractivity contribution is -0.122. The van der Waals surface area contributed by atoms with Crippen LogP contribution in [0.5, 0.6) is 0 Å². The van der Waals surface area contributed by atoms with Gasteiger partial charge in [0, 0.05) is 30.8 Å². The van der Waals surface area contributed by atoms with Crippen molar-refractivity contribution < 1.29 is 9.32 Å². The van der Waals surface area contributed by atoms with Crippen molar-refractivity contribution in [2.24, 2.45) is 0 Å². The molecule has 2 unspecified atom stereocenters. The summed E-state index contributed by atoms with van der Waals surface area (Å²) < 4.78 is 5.21. The fraction of sp³-hybridized carbons (Fsp3) is 0.800. The van der Waals surface area contributed by atoms with Crippen molar-refractivity contribution in [1.29, 1.82) is 0 Å². The topological polar surface area (TPSA) is 80.0 Å². The van der Waals surface area contributed by atoms with Gasteiger partial charge in [-0.15, -0.1) is 12.4 Å². The maximum Gasteiger partial charge on any atom is 0.226 e. The van der Waals surface area contributed by atoms with Gasteiger partial charge in [0.2, 0.25) is 11.8 Å². The third kappa shape index (κ3) is 4.68. The van der Waals surface area contributed by atoms with Crippen LogP contribution >= 0.6 is 12.4 Å². The Bertz CT molecular complexity index is 490. The number of nitrogens with zero attached hydrogens (tertiary/aromatic N) is 2. The van der Waals surface area contributed by atoms with Crippen molar-refractivity contribution in [2.45, 2.75) is 69.9 Å². The minimum absolute atomic E-state index is 0. The molecule has 3 rings (SSSR count). The summed E-state index contributed by atoms with van der Waals surface area (Å²) in [5.74, 6) is 2.15. The average molecular weight is 329 g/mol. The number of piperidine rings is 1. The van der Waals surface area contributed by atoms with Gasteiger partial charge >= 0.3 is 0 Å². The van der Waals surface area contributed by atoms with Gasteiger partial charge in [-0.1, -0.05) is 5.16 Å². The molecule has 2 aliphatic rings. The fourth-order valence-corrected chi connectivity index (χ4v) is 2.80. The number of aromatic nitrogens is 2. The Morgan fingerprint density at radius 3 is 2.95 bits per heavy atom. The van der Waals surface area contributed by atoms with Crippen molar-refractivity contribution in [2.75, 3.05) is 6.54 Å². The number of carbonyl (C=O) groups excluding carboxylic acids is 1. The molecule has 0 radical (unpaired) electrons. The first-order valence-corrected chi connectivity index (χ1v) is 8.07. The summed E-state index contributed by atoms with van der Waals surface area (Å²) in [6.07, 6.45) is 6.50.